The van der Waals surface area contributed by atoms with E-state index in [2.05, 4.69) is 40.1 Å². The van der Waals surface area contributed by atoms with Gasteiger partial charge < -0.3 is 25.3 Å². The molecular weight excluding hydrogens is 466 g/mol. The summed E-state index contributed by atoms with van der Waals surface area (Å²) < 4.78 is 32.1. The van der Waals surface area contributed by atoms with Crippen molar-refractivity contribution < 1.29 is 23.4 Å². The standard InChI is InChI=1S/C26H29N3O5S/c1-17-26(18-6-4-3-5-7-18)21-10-9-20(15-22(21)29-17)34-13-12-28-16-24(31)19-8-11-23(30)25(14-19)35(32,33)27-2/h3-11,14-15,24,27-31H,12-13,16H2,1-2H3. The highest BCUT2D eigenvalue weighted by Crippen LogP contribution is 2.33. The van der Waals surface area contributed by atoms with Gasteiger partial charge in [0.25, 0.3) is 0 Å². The number of sulfonamides is 1. The minimum atomic E-state index is -3.83. The van der Waals surface area contributed by atoms with Gasteiger partial charge in [0.05, 0.1) is 6.10 Å². The van der Waals surface area contributed by atoms with Gasteiger partial charge in [-0.2, -0.15) is 0 Å². The third-order valence-electron chi connectivity index (χ3n) is 5.83. The van der Waals surface area contributed by atoms with Gasteiger partial charge in [0, 0.05) is 41.3 Å². The monoisotopic (exact) mass is 495 g/mol. The Kier molecular flexibility index (Phi) is 7.42. The second-order valence-corrected chi connectivity index (χ2v) is 10.1. The number of fused-ring (bicyclic) bond motifs is 1. The Bertz CT molecular complexity index is 1420. The molecule has 35 heavy (non-hydrogen) atoms. The van der Waals surface area contributed by atoms with Gasteiger partial charge in [-0.05, 0) is 49.4 Å². The van der Waals surface area contributed by atoms with E-state index in [-0.39, 0.29) is 17.2 Å². The van der Waals surface area contributed by atoms with Gasteiger partial charge in [-0.3, -0.25) is 0 Å². The molecule has 1 unspecified atom stereocenters. The second-order valence-electron chi connectivity index (χ2n) is 8.20. The lowest BCUT2D eigenvalue weighted by Crippen LogP contribution is -2.26. The minimum Gasteiger partial charge on any atom is -0.507 e. The molecule has 0 bridgehead atoms. The highest BCUT2D eigenvalue weighted by molar-refractivity contribution is 7.89. The van der Waals surface area contributed by atoms with E-state index in [1.165, 1.54) is 30.8 Å². The molecule has 0 aliphatic heterocycles. The number of hydrogen-bond donors (Lipinski definition) is 5. The largest absolute Gasteiger partial charge is 0.507 e. The number of ether oxygens (including phenoxy) is 1. The van der Waals surface area contributed by atoms with Gasteiger partial charge >= 0.3 is 0 Å². The minimum absolute atomic E-state index is 0.197. The zero-order valence-electron chi connectivity index (χ0n) is 19.6. The molecule has 9 heteroatoms. The number of aromatic nitrogens is 1. The van der Waals surface area contributed by atoms with Crippen LogP contribution in [0.1, 0.15) is 17.4 Å². The maximum Gasteiger partial charge on any atom is 0.243 e. The van der Waals surface area contributed by atoms with E-state index in [0.29, 0.717) is 18.7 Å². The summed E-state index contributed by atoms with van der Waals surface area (Å²) in [5, 5.41) is 24.5. The Labute approximate surface area is 204 Å². The molecule has 0 spiro atoms. The lowest BCUT2D eigenvalue weighted by molar-refractivity contribution is 0.171. The number of nitrogens with one attached hydrogen (secondary N) is 3. The van der Waals surface area contributed by atoms with Gasteiger partial charge in [0.15, 0.2) is 0 Å². The first-order valence-corrected chi connectivity index (χ1v) is 12.7. The number of phenolic OH excluding ortho intramolecular Hbond substituents is 1. The summed E-state index contributed by atoms with van der Waals surface area (Å²) in [6.07, 6.45) is -0.948. The molecule has 184 valence electrons. The molecule has 0 aliphatic carbocycles. The molecule has 1 aromatic heterocycles. The van der Waals surface area contributed by atoms with Crippen molar-refractivity contribution in [1.29, 1.82) is 0 Å². The van der Waals surface area contributed by atoms with Gasteiger partial charge in [0.2, 0.25) is 10.0 Å². The summed E-state index contributed by atoms with van der Waals surface area (Å²) >= 11 is 0. The second kappa shape index (κ2) is 10.5. The number of aliphatic hydroxyl groups excluding tert-OH is 1. The van der Waals surface area contributed by atoms with Gasteiger partial charge in [-0.25, -0.2) is 13.1 Å². The van der Waals surface area contributed by atoms with Crippen molar-refractivity contribution >= 4 is 20.9 Å². The maximum absolute atomic E-state index is 12.0. The van der Waals surface area contributed by atoms with E-state index in [9.17, 15) is 18.6 Å². The van der Waals surface area contributed by atoms with E-state index < -0.39 is 16.1 Å². The molecule has 8 nitrogen and oxygen atoms in total. The number of aryl methyl sites for hydroxylation is 1. The third-order valence-corrected chi connectivity index (χ3v) is 7.28. The van der Waals surface area contributed by atoms with E-state index >= 15 is 0 Å². The van der Waals surface area contributed by atoms with Crippen molar-refractivity contribution in [3.05, 3.63) is 78.0 Å². The molecule has 1 atom stereocenters. The average Bonchev–Trinajstić information content (AvgIpc) is 3.19. The molecule has 3 aromatic carbocycles. The first-order valence-electron chi connectivity index (χ1n) is 11.3. The normalized spacial score (nSPS) is 12.7. The van der Waals surface area contributed by atoms with Crippen LogP contribution in [0.3, 0.4) is 0 Å². The smallest absolute Gasteiger partial charge is 0.243 e. The number of rotatable bonds is 10. The summed E-state index contributed by atoms with van der Waals surface area (Å²) in [6.45, 7) is 3.12. The molecule has 1 heterocycles. The first-order chi connectivity index (χ1) is 16.8. The van der Waals surface area contributed by atoms with Gasteiger partial charge in [0.1, 0.15) is 23.0 Å². The van der Waals surface area contributed by atoms with Crippen molar-refractivity contribution in [2.75, 3.05) is 26.7 Å². The van der Waals surface area contributed by atoms with Crippen LogP contribution in [0.25, 0.3) is 22.0 Å². The van der Waals surface area contributed by atoms with Crippen molar-refractivity contribution in [2.24, 2.45) is 0 Å². The fraction of sp³-hybridized carbons (Fsp3) is 0.231. The van der Waals surface area contributed by atoms with Crippen LogP contribution in [0.2, 0.25) is 0 Å². The third kappa shape index (κ3) is 5.49. The molecule has 4 aromatic rings. The van der Waals surface area contributed by atoms with Crippen LogP contribution >= 0.6 is 0 Å². The van der Waals surface area contributed by atoms with Crippen molar-refractivity contribution in [3.63, 3.8) is 0 Å². The molecule has 4 rings (SSSR count). The van der Waals surface area contributed by atoms with E-state index in [1.54, 1.807) is 0 Å². The summed E-state index contributed by atoms with van der Waals surface area (Å²) in [6, 6.07) is 20.2. The average molecular weight is 496 g/mol. The molecule has 0 radical (unpaired) electrons. The number of aromatic amines is 1. The molecular formula is C26H29N3O5S. The van der Waals surface area contributed by atoms with E-state index in [0.717, 1.165) is 27.9 Å². The Morgan fingerprint density at radius 2 is 1.83 bits per heavy atom. The number of H-pyrrole nitrogens is 1. The number of benzene rings is 3. The summed E-state index contributed by atoms with van der Waals surface area (Å²) in [4.78, 5) is 3.16. The lowest BCUT2D eigenvalue weighted by Gasteiger charge is -2.14. The quantitative estimate of drug-likeness (QED) is 0.215. The Morgan fingerprint density at radius 3 is 2.57 bits per heavy atom. The Balaban J connectivity index is 1.32. The number of aromatic hydroxyl groups is 1. The number of phenols is 1. The van der Waals surface area contributed by atoms with E-state index in [1.807, 2.05) is 30.3 Å². The molecule has 0 saturated heterocycles. The highest BCUT2D eigenvalue weighted by atomic mass is 32.2. The van der Waals surface area contributed by atoms with Crippen LogP contribution in [0.5, 0.6) is 11.5 Å². The molecule has 0 fully saturated rings. The number of hydrogen-bond acceptors (Lipinski definition) is 6. The van der Waals surface area contributed by atoms with Gasteiger partial charge in [-0.1, -0.05) is 36.4 Å². The summed E-state index contributed by atoms with van der Waals surface area (Å²) in [7, 11) is -2.57. The number of aliphatic hydroxyl groups is 1. The lowest BCUT2D eigenvalue weighted by atomic mass is 10.0. The summed E-state index contributed by atoms with van der Waals surface area (Å²) in [5.74, 6) is 0.364. The summed E-state index contributed by atoms with van der Waals surface area (Å²) in [5.41, 5.74) is 4.83. The van der Waals surface area contributed by atoms with Gasteiger partial charge in [-0.15, -0.1) is 0 Å². The Hall–Kier alpha value is -3.37. The highest BCUT2D eigenvalue weighted by Gasteiger charge is 2.19. The zero-order valence-corrected chi connectivity index (χ0v) is 20.4. The predicted octanol–water partition coefficient (Wildman–Crippen LogP) is 3.46. The fourth-order valence-corrected chi connectivity index (χ4v) is 4.89. The van der Waals surface area contributed by atoms with E-state index in [4.69, 9.17) is 4.74 Å². The van der Waals surface area contributed by atoms with Crippen LogP contribution in [0, 0.1) is 6.92 Å². The van der Waals surface area contributed by atoms with Crippen molar-refractivity contribution in [1.82, 2.24) is 15.0 Å². The predicted molar refractivity (Wildman–Crippen MR) is 136 cm³/mol. The van der Waals surface area contributed by atoms with Crippen molar-refractivity contribution in [2.45, 2.75) is 17.9 Å². The maximum atomic E-state index is 12.0. The Morgan fingerprint density at radius 1 is 1.06 bits per heavy atom. The van der Waals surface area contributed by atoms with Crippen molar-refractivity contribution in [3.8, 4) is 22.6 Å². The fourth-order valence-electron chi connectivity index (χ4n) is 4.04. The molecule has 5 N–H and O–H groups in total. The first kappa shape index (κ1) is 24.7. The molecule has 0 aliphatic rings. The van der Waals surface area contributed by atoms with Crippen LogP contribution in [0.15, 0.2) is 71.6 Å². The zero-order chi connectivity index (χ0) is 25.0. The SMILES string of the molecule is CNS(=O)(=O)c1cc(C(O)CNCCOc2ccc3c(-c4ccccc4)c(C)[nH]c3c2)ccc1O. The van der Waals surface area contributed by atoms with Crippen LogP contribution in [-0.2, 0) is 10.0 Å². The van der Waals surface area contributed by atoms with Crippen LogP contribution in [0.4, 0.5) is 0 Å². The van der Waals surface area contributed by atoms with Crippen LogP contribution < -0.4 is 14.8 Å². The molecule has 0 amide bonds. The van der Waals surface area contributed by atoms with Crippen LogP contribution in [-0.4, -0.2) is 50.4 Å². The molecule has 0 saturated carbocycles. The topological polar surface area (TPSA) is 124 Å².